The number of carbonyl (C=O) groups excluding carboxylic acids is 1. The van der Waals surface area contributed by atoms with Gasteiger partial charge in [0.05, 0.1) is 12.0 Å². The molecule has 0 aliphatic carbocycles. The first kappa shape index (κ1) is 16.0. The van der Waals surface area contributed by atoms with E-state index in [2.05, 4.69) is 11.8 Å². The van der Waals surface area contributed by atoms with Gasteiger partial charge in [0.2, 0.25) is 0 Å². The maximum absolute atomic E-state index is 13.7. The highest BCUT2D eigenvalue weighted by Gasteiger charge is 2.27. The third kappa shape index (κ3) is 4.89. The molecule has 3 heteroatoms. The van der Waals surface area contributed by atoms with Crippen molar-refractivity contribution in [3.63, 3.8) is 0 Å². The van der Waals surface area contributed by atoms with E-state index in [0.717, 1.165) is 0 Å². The van der Waals surface area contributed by atoms with Gasteiger partial charge in [0.1, 0.15) is 5.83 Å². The van der Waals surface area contributed by atoms with Gasteiger partial charge in [0.25, 0.3) is 0 Å². The van der Waals surface area contributed by atoms with Gasteiger partial charge in [0.15, 0.2) is 0 Å². The van der Waals surface area contributed by atoms with Crippen LogP contribution in [0.5, 0.6) is 0 Å². The first-order valence-corrected chi connectivity index (χ1v) is 6.54. The summed E-state index contributed by atoms with van der Waals surface area (Å²) in [5.74, 6) is 4.77. The lowest BCUT2D eigenvalue weighted by Crippen LogP contribution is -2.26. The van der Waals surface area contributed by atoms with Gasteiger partial charge >= 0.3 is 5.97 Å². The number of rotatable bonds is 4. The fourth-order valence-corrected chi connectivity index (χ4v) is 1.47. The number of hydrogen-bond acceptors (Lipinski definition) is 2. The van der Waals surface area contributed by atoms with Crippen LogP contribution in [0.3, 0.4) is 0 Å². The second-order valence-electron chi connectivity index (χ2n) is 4.96. The third-order valence-electron chi connectivity index (χ3n) is 2.71. The zero-order valence-corrected chi connectivity index (χ0v) is 12.1. The second-order valence-corrected chi connectivity index (χ2v) is 4.96. The smallest absolute Gasteiger partial charge is 0.312 e. The van der Waals surface area contributed by atoms with Crippen LogP contribution < -0.4 is 0 Å². The summed E-state index contributed by atoms with van der Waals surface area (Å²) in [4.78, 5) is 11.6. The standard InChI is InChI=1S/C17H19FO2/c1-4-20-16(19)17(2,3)13-9-8-12-15(18)14-10-6-5-7-11-14/h5-7,10-12H,4,13H2,1-3H3/b15-12+. The fourth-order valence-electron chi connectivity index (χ4n) is 1.47. The van der Waals surface area contributed by atoms with Crippen LogP contribution in [-0.4, -0.2) is 12.6 Å². The SMILES string of the molecule is CCOC(=O)C(C)(C)CC#C/C=C(/F)c1ccccc1. The minimum Gasteiger partial charge on any atom is -0.466 e. The summed E-state index contributed by atoms with van der Waals surface area (Å²) in [6, 6.07) is 8.70. The molecule has 0 radical (unpaired) electrons. The number of allylic oxidation sites excluding steroid dienone is 1. The molecule has 0 aromatic heterocycles. The summed E-state index contributed by atoms with van der Waals surface area (Å²) >= 11 is 0. The minimum absolute atomic E-state index is 0.290. The Bertz CT molecular complexity index is 533. The van der Waals surface area contributed by atoms with Crippen LogP contribution in [-0.2, 0) is 9.53 Å². The zero-order chi connectivity index (χ0) is 15.0. The molecule has 0 bridgehead atoms. The van der Waals surface area contributed by atoms with Crippen molar-refractivity contribution in [3.05, 3.63) is 42.0 Å². The van der Waals surface area contributed by atoms with E-state index >= 15 is 0 Å². The Morgan fingerprint density at radius 3 is 2.60 bits per heavy atom. The van der Waals surface area contributed by atoms with Gasteiger partial charge in [-0.25, -0.2) is 4.39 Å². The summed E-state index contributed by atoms with van der Waals surface area (Å²) in [6.45, 7) is 5.63. The van der Waals surface area contributed by atoms with Crippen LogP contribution in [0.1, 0.15) is 32.8 Å². The molecular formula is C17H19FO2. The van der Waals surface area contributed by atoms with Gasteiger partial charge in [0, 0.05) is 18.1 Å². The van der Waals surface area contributed by atoms with Gasteiger partial charge in [-0.3, -0.25) is 4.79 Å². The van der Waals surface area contributed by atoms with Gasteiger partial charge in [-0.05, 0) is 20.8 Å². The fraction of sp³-hybridized carbons (Fsp3) is 0.353. The van der Waals surface area contributed by atoms with Crippen molar-refractivity contribution >= 4 is 11.8 Å². The monoisotopic (exact) mass is 274 g/mol. The summed E-state index contributed by atoms with van der Waals surface area (Å²) in [6.07, 6.45) is 1.54. The lowest BCUT2D eigenvalue weighted by Gasteiger charge is -2.18. The molecule has 0 saturated heterocycles. The maximum Gasteiger partial charge on any atom is 0.312 e. The van der Waals surface area contributed by atoms with E-state index in [0.29, 0.717) is 18.6 Å². The van der Waals surface area contributed by atoms with Crippen LogP contribution in [0.25, 0.3) is 5.83 Å². The normalized spacial score (nSPS) is 11.5. The Morgan fingerprint density at radius 1 is 1.35 bits per heavy atom. The number of hydrogen-bond donors (Lipinski definition) is 0. The molecule has 20 heavy (non-hydrogen) atoms. The van der Waals surface area contributed by atoms with Crippen LogP contribution in [0.2, 0.25) is 0 Å². The molecule has 1 aromatic carbocycles. The largest absolute Gasteiger partial charge is 0.466 e. The Balaban J connectivity index is 2.65. The molecule has 2 nitrogen and oxygen atoms in total. The van der Waals surface area contributed by atoms with Crippen LogP contribution in [0.15, 0.2) is 36.4 Å². The van der Waals surface area contributed by atoms with Crippen LogP contribution in [0.4, 0.5) is 4.39 Å². The van der Waals surface area contributed by atoms with Crippen molar-refractivity contribution in [2.45, 2.75) is 27.2 Å². The lowest BCUT2D eigenvalue weighted by atomic mass is 9.90. The molecule has 0 unspecified atom stereocenters. The molecular weight excluding hydrogens is 255 g/mol. The predicted octanol–water partition coefficient (Wildman–Crippen LogP) is 3.98. The minimum atomic E-state index is -0.680. The Morgan fingerprint density at radius 2 is 2.00 bits per heavy atom. The third-order valence-corrected chi connectivity index (χ3v) is 2.71. The van der Waals surface area contributed by atoms with Crippen molar-refractivity contribution in [2.24, 2.45) is 5.41 Å². The van der Waals surface area contributed by atoms with Crippen molar-refractivity contribution in [1.82, 2.24) is 0 Å². The quantitative estimate of drug-likeness (QED) is 0.613. The highest BCUT2D eigenvalue weighted by atomic mass is 19.1. The molecule has 106 valence electrons. The predicted molar refractivity (Wildman–Crippen MR) is 78.3 cm³/mol. The van der Waals surface area contributed by atoms with E-state index in [4.69, 9.17) is 4.74 Å². The van der Waals surface area contributed by atoms with E-state index in [1.807, 2.05) is 6.07 Å². The van der Waals surface area contributed by atoms with Gasteiger partial charge in [-0.2, -0.15) is 0 Å². The topological polar surface area (TPSA) is 26.3 Å². The van der Waals surface area contributed by atoms with Crippen molar-refractivity contribution < 1.29 is 13.9 Å². The Kier molecular flexibility index (Phi) is 5.99. The number of ether oxygens (including phenoxy) is 1. The van der Waals surface area contributed by atoms with E-state index in [-0.39, 0.29) is 11.8 Å². The van der Waals surface area contributed by atoms with Crippen molar-refractivity contribution in [3.8, 4) is 11.8 Å². The molecule has 1 rings (SSSR count). The summed E-state index contributed by atoms with van der Waals surface area (Å²) < 4.78 is 18.7. The molecule has 0 amide bonds. The average Bonchev–Trinajstić information content (AvgIpc) is 2.44. The van der Waals surface area contributed by atoms with Gasteiger partial charge in [-0.15, -0.1) is 0 Å². The highest BCUT2D eigenvalue weighted by molar-refractivity contribution is 5.76. The number of carbonyl (C=O) groups is 1. The highest BCUT2D eigenvalue weighted by Crippen LogP contribution is 2.21. The Hall–Kier alpha value is -2.08. The molecule has 0 fully saturated rings. The molecule has 1 aromatic rings. The lowest BCUT2D eigenvalue weighted by molar-refractivity contribution is -0.153. The number of halogens is 1. The molecule has 0 aliphatic rings. The van der Waals surface area contributed by atoms with E-state index in [1.165, 1.54) is 6.08 Å². The molecule has 0 aliphatic heterocycles. The zero-order valence-electron chi connectivity index (χ0n) is 12.1. The summed E-state index contributed by atoms with van der Waals surface area (Å²) in [5.41, 5.74) is -0.188. The van der Waals surface area contributed by atoms with Crippen LogP contribution >= 0.6 is 0 Å². The van der Waals surface area contributed by atoms with E-state index < -0.39 is 5.41 Å². The summed E-state index contributed by atoms with van der Waals surface area (Å²) in [5, 5.41) is 0. The van der Waals surface area contributed by atoms with Crippen LogP contribution in [0, 0.1) is 17.3 Å². The average molecular weight is 274 g/mol. The molecule has 0 saturated carbocycles. The molecule has 0 atom stereocenters. The van der Waals surface area contributed by atoms with Gasteiger partial charge < -0.3 is 4.74 Å². The summed E-state index contributed by atoms with van der Waals surface area (Å²) in [7, 11) is 0. The second kappa shape index (κ2) is 7.49. The van der Waals surface area contributed by atoms with Crippen molar-refractivity contribution in [2.75, 3.05) is 6.61 Å². The molecule has 0 N–H and O–H groups in total. The van der Waals surface area contributed by atoms with Gasteiger partial charge in [-0.1, -0.05) is 42.2 Å². The number of benzene rings is 1. The van der Waals surface area contributed by atoms with Crippen molar-refractivity contribution in [1.29, 1.82) is 0 Å². The number of esters is 1. The molecule has 0 heterocycles. The first-order valence-electron chi connectivity index (χ1n) is 6.54. The van der Waals surface area contributed by atoms with E-state index in [1.54, 1.807) is 45.0 Å². The first-order chi connectivity index (χ1) is 9.47. The maximum atomic E-state index is 13.7. The van der Waals surface area contributed by atoms with E-state index in [9.17, 15) is 9.18 Å². The molecule has 0 spiro atoms. The Labute approximate surface area is 119 Å².